The lowest BCUT2D eigenvalue weighted by atomic mass is 9.88. The summed E-state index contributed by atoms with van der Waals surface area (Å²) in [6.07, 6.45) is -9.75. The fourth-order valence-electron chi connectivity index (χ4n) is 2.31. The highest BCUT2D eigenvalue weighted by Gasteiger charge is 2.37. The number of ether oxygens (including phenoxy) is 1. The summed E-state index contributed by atoms with van der Waals surface area (Å²) in [4.78, 5) is 11.3. The number of halogens is 6. The van der Waals surface area contributed by atoms with E-state index in [4.69, 9.17) is 5.73 Å². The van der Waals surface area contributed by atoms with Gasteiger partial charge < -0.3 is 10.5 Å². The van der Waals surface area contributed by atoms with Crippen molar-refractivity contribution in [3.63, 3.8) is 0 Å². The van der Waals surface area contributed by atoms with Crippen molar-refractivity contribution in [1.29, 1.82) is 0 Å². The fourth-order valence-corrected chi connectivity index (χ4v) is 2.31. The standard InChI is InChI=1S/C15H17F6NO2/c1-3-8(6-12(22)13(23)24-2)9-4-10(14(16,17)18)7-11(5-9)15(19,20)21/h4-5,7-8,12H,3,6,22H2,1-2H3. The zero-order valence-corrected chi connectivity index (χ0v) is 13.0. The van der Waals surface area contributed by atoms with E-state index in [2.05, 4.69) is 4.74 Å². The van der Waals surface area contributed by atoms with Gasteiger partial charge in [-0.15, -0.1) is 0 Å². The SMILES string of the molecule is CCC(CC(N)C(=O)OC)c1cc(C(F)(F)F)cc(C(F)(F)F)c1. The molecule has 0 saturated carbocycles. The number of benzene rings is 1. The Morgan fingerprint density at radius 2 is 1.54 bits per heavy atom. The highest BCUT2D eigenvalue weighted by molar-refractivity contribution is 5.75. The number of carbonyl (C=O) groups excluding carboxylic acids is 1. The molecule has 0 bridgehead atoms. The van der Waals surface area contributed by atoms with Crippen LogP contribution < -0.4 is 5.73 Å². The van der Waals surface area contributed by atoms with Crippen LogP contribution in [0.25, 0.3) is 0 Å². The monoisotopic (exact) mass is 357 g/mol. The molecular weight excluding hydrogens is 340 g/mol. The number of methoxy groups -OCH3 is 1. The molecule has 0 aliphatic heterocycles. The van der Waals surface area contributed by atoms with Gasteiger partial charge >= 0.3 is 18.3 Å². The second kappa shape index (κ2) is 7.42. The normalized spacial score (nSPS) is 15.0. The lowest BCUT2D eigenvalue weighted by molar-refractivity contribution is -0.144. The Morgan fingerprint density at radius 3 is 1.88 bits per heavy atom. The molecule has 0 heterocycles. The lowest BCUT2D eigenvalue weighted by Crippen LogP contribution is -2.33. The van der Waals surface area contributed by atoms with Crippen molar-refractivity contribution in [2.75, 3.05) is 7.11 Å². The molecule has 1 rings (SSSR count). The molecule has 0 aromatic heterocycles. The van der Waals surface area contributed by atoms with Crippen LogP contribution in [0.2, 0.25) is 0 Å². The number of esters is 1. The van der Waals surface area contributed by atoms with Gasteiger partial charge in [-0.25, -0.2) is 0 Å². The van der Waals surface area contributed by atoms with Crippen LogP contribution in [0.4, 0.5) is 26.3 Å². The Labute approximate surface area is 134 Å². The molecule has 1 aromatic rings. The maximum absolute atomic E-state index is 12.9. The van der Waals surface area contributed by atoms with Crippen molar-refractivity contribution in [2.24, 2.45) is 5.73 Å². The van der Waals surface area contributed by atoms with E-state index >= 15 is 0 Å². The molecule has 1 aromatic carbocycles. The first kappa shape index (κ1) is 20.3. The number of hydrogen-bond donors (Lipinski definition) is 1. The van der Waals surface area contributed by atoms with Crippen molar-refractivity contribution in [3.05, 3.63) is 34.9 Å². The lowest BCUT2D eigenvalue weighted by Gasteiger charge is -2.21. The van der Waals surface area contributed by atoms with Gasteiger partial charge in [0.05, 0.1) is 18.2 Å². The average molecular weight is 357 g/mol. The summed E-state index contributed by atoms with van der Waals surface area (Å²) >= 11 is 0. The van der Waals surface area contributed by atoms with Gasteiger partial charge in [-0.05, 0) is 42.5 Å². The number of rotatable bonds is 5. The Bertz CT molecular complexity index is 550. The number of carbonyl (C=O) groups is 1. The van der Waals surface area contributed by atoms with Gasteiger partial charge in [-0.2, -0.15) is 26.3 Å². The fraction of sp³-hybridized carbons (Fsp3) is 0.533. The first-order valence-corrected chi connectivity index (χ1v) is 7.02. The third-order valence-electron chi connectivity index (χ3n) is 3.62. The minimum absolute atomic E-state index is 0.0659. The van der Waals surface area contributed by atoms with E-state index in [1.807, 2.05) is 0 Å². The average Bonchev–Trinajstić information content (AvgIpc) is 2.49. The molecular formula is C15H17F6NO2. The van der Waals surface area contributed by atoms with Crippen LogP contribution in [-0.4, -0.2) is 19.1 Å². The molecule has 0 fully saturated rings. The number of nitrogens with two attached hydrogens (primary N) is 1. The highest BCUT2D eigenvalue weighted by Crippen LogP contribution is 2.39. The van der Waals surface area contributed by atoms with Crippen LogP contribution >= 0.6 is 0 Å². The second-order valence-electron chi connectivity index (χ2n) is 5.31. The van der Waals surface area contributed by atoms with Crippen molar-refractivity contribution >= 4 is 5.97 Å². The van der Waals surface area contributed by atoms with E-state index < -0.39 is 41.4 Å². The molecule has 9 heteroatoms. The first-order chi connectivity index (χ1) is 10.9. The van der Waals surface area contributed by atoms with Gasteiger partial charge in [0.2, 0.25) is 0 Å². The van der Waals surface area contributed by atoms with E-state index in [0.29, 0.717) is 12.1 Å². The molecule has 0 amide bonds. The molecule has 24 heavy (non-hydrogen) atoms. The maximum Gasteiger partial charge on any atom is 0.416 e. The molecule has 3 nitrogen and oxygen atoms in total. The predicted molar refractivity (Wildman–Crippen MR) is 74.1 cm³/mol. The van der Waals surface area contributed by atoms with Gasteiger partial charge in [-0.3, -0.25) is 4.79 Å². The maximum atomic E-state index is 12.9. The third-order valence-corrected chi connectivity index (χ3v) is 3.62. The van der Waals surface area contributed by atoms with Crippen molar-refractivity contribution in [1.82, 2.24) is 0 Å². The van der Waals surface area contributed by atoms with Crippen LogP contribution in [0, 0.1) is 0 Å². The Morgan fingerprint density at radius 1 is 1.08 bits per heavy atom. The summed E-state index contributed by atoms with van der Waals surface area (Å²) in [5, 5.41) is 0. The molecule has 0 radical (unpaired) electrons. The van der Waals surface area contributed by atoms with Crippen LogP contribution in [-0.2, 0) is 21.9 Å². The summed E-state index contributed by atoms with van der Waals surface area (Å²) in [7, 11) is 1.09. The van der Waals surface area contributed by atoms with Crippen molar-refractivity contribution in [3.8, 4) is 0 Å². The van der Waals surface area contributed by atoms with Crippen molar-refractivity contribution in [2.45, 2.75) is 44.1 Å². The molecule has 2 unspecified atom stereocenters. The van der Waals surface area contributed by atoms with E-state index in [-0.39, 0.29) is 24.5 Å². The molecule has 0 spiro atoms. The Balaban J connectivity index is 3.31. The highest BCUT2D eigenvalue weighted by atomic mass is 19.4. The van der Waals surface area contributed by atoms with Gasteiger partial charge in [0.25, 0.3) is 0 Å². The molecule has 0 aliphatic rings. The Hall–Kier alpha value is -1.77. The summed E-state index contributed by atoms with van der Waals surface area (Å²) in [5.41, 5.74) is 2.62. The van der Waals surface area contributed by atoms with Gasteiger partial charge in [-0.1, -0.05) is 6.92 Å². The zero-order chi connectivity index (χ0) is 18.7. The molecule has 0 aliphatic carbocycles. The largest absolute Gasteiger partial charge is 0.468 e. The summed E-state index contributed by atoms with van der Waals surface area (Å²) in [6, 6.07) is 0.251. The smallest absolute Gasteiger partial charge is 0.416 e. The zero-order valence-electron chi connectivity index (χ0n) is 13.0. The number of hydrogen-bond acceptors (Lipinski definition) is 3. The van der Waals surface area contributed by atoms with Gasteiger partial charge in [0, 0.05) is 0 Å². The van der Waals surface area contributed by atoms with E-state index in [1.54, 1.807) is 6.92 Å². The third kappa shape index (κ3) is 5.12. The first-order valence-electron chi connectivity index (χ1n) is 7.02. The van der Waals surface area contributed by atoms with Gasteiger partial charge in [0.1, 0.15) is 6.04 Å². The molecule has 2 N–H and O–H groups in total. The van der Waals surface area contributed by atoms with E-state index in [0.717, 1.165) is 7.11 Å². The van der Waals surface area contributed by atoms with Crippen LogP contribution in [0.3, 0.4) is 0 Å². The Kier molecular flexibility index (Phi) is 6.26. The predicted octanol–water partition coefficient (Wildman–Crippen LogP) is 4.11. The molecule has 136 valence electrons. The second-order valence-corrected chi connectivity index (χ2v) is 5.31. The number of alkyl halides is 6. The molecule has 0 saturated heterocycles. The van der Waals surface area contributed by atoms with E-state index in [1.165, 1.54) is 0 Å². The van der Waals surface area contributed by atoms with Crippen LogP contribution in [0.15, 0.2) is 18.2 Å². The van der Waals surface area contributed by atoms with Crippen LogP contribution in [0.5, 0.6) is 0 Å². The topological polar surface area (TPSA) is 52.3 Å². The summed E-state index contributed by atoms with van der Waals surface area (Å²) in [5.74, 6) is -1.53. The minimum atomic E-state index is -4.92. The van der Waals surface area contributed by atoms with E-state index in [9.17, 15) is 31.1 Å². The summed E-state index contributed by atoms with van der Waals surface area (Å²) < 4.78 is 81.7. The minimum Gasteiger partial charge on any atom is -0.468 e. The molecule has 2 atom stereocenters. The quantitative estimate of drug-likeness (QED) is 0.637. The van der Waals surface area contributed by atoms with Crippen molar-refractivity contribution < 1.29 is 35.9 Å². The van der Waals surface area contributed by atoms with Crippen LogP contribution in [0.1, 0.15) is 42.4 Å². The summed E-state index contributed by atoms with van der Waals surface area (Å²) in [6.45, 7) is 1.59. The van der Waals surface area contributed by atoms with Gasteiger partial charge in [0.15, 0.2) is 0 Å².